The summed E-state index contributed by atoms with van der Waals surface area (Å²) in [6, 6.07) is 7.71. The molecular weight excluding hydrogens is 236 g/mol. The van der Waals surface area contributed by atoms with Gasteiger partial charge in [0, 0.05) is 18.0 Å². The third kappa shape index (κ3) is 2.94. The highest BCUT2D eigenvalue weighted by Gasteiger charge is 2.06. The van der Waals surface area contributed by atoms with Crippen molar-refractivity contribution < 1.29 is 4.74 Å². The lowest BCUT2D eigenvalue weighted by Gasteiger charge is -2.11. The van der Waals surface area contributed by atoms with Crippen LogP contribution in [0.25, 0.3) is 0 Å². The molecule has 0 radical (unpaired) electrons. The molecule has 3 nitrogen and oxygen atoms in total. The van der Waals surface area contributed by atoms with Crippen LogP contribution in [0.15, 0.2) is 36.7 Å². The number of alkyl halides is 1. The SMILES string of the molecule is Cc1cccc(CCl)c1OCc1ncccn1. The summed E-state index contributed by atoms with van der Waals surface area (Å²) in [4.78, 5) is 8.22. The third-order valence-corrected chi connectivity index (χ3v) is 2.69. The van der Waals surface area contributed by atoms with Gasteiger partial charge in [0.25, 0.3) is 0 Å². The molecule has 0 saturated carbocycles. The maximum Gasteiger partial charge on any atom is 0.166 e. The predicted molar refractivity (Wildman–Crippen MR) is 67.1 cm³/mol. The molecule has 0 aliphatic rings. The molecule has 2 aromatic rings. The molecule has 4 heteroatoms. The predicted octanol–water partition coefficient (Wildman–Crippen LogP) is 3.10. The van der Waals surface area contributed by atoms with Gasteiger partial charge >= 0.3 is 0 Å². The molecule has 0 atom stereocenters. The number of halogens is 1. The Hall–Kier alpha value is -1.61. The molecule has 0 bridgehead atoms. The van der Waals surface area contributed by atoms with Crippen LogP contribution in [0, 0.1) is 6.92 Å². The van der Waals surface area contributed by atoms with Gasteiger partial charge in [0.15, 0.2) is 5.82 Å². The quantitative estimate of drug-likeness (QED) is 0.780. The van der Waals surface area contributed by atoms with Gasteiger partial charge < -0.3 is 4.74 Å². The fourth-order valence-corrected chi connectivity index (χ4v) is 1.78. The minimum atomic E-state index is 0.357. The van der Waals surface area contributed by atoms with Crippen LogP contribution in [-0.4, -0.2) is 9.97 Å². The first kappa shape index (κ1) is 11.9. The molecule has 0 amide bonds. The summed E-state index contributed by atoms with van der Waals surface area (Å²) in [7, 11) is 0. The lowest BCUT2D eigenvalue weighted by atomic mass is 10.1. The molecule has 0 saturated heterocycles. The van der Waals surface area contributed by atoms with E-state index in [4.69, 9.17) is 16.3 Å². The van der Waals surface area contributed by atoms with Crippen molar-refractivity contribution >= 4 is 11.6 Å². The number of nitrogens with zero attached hydrogens (tertiary/aromatic N) is 2. The van der Waals surface area contributed by atoms with E-state index in [1.807, 2.05) is 25.1 Å². The number of hydrogen-bond donors (Lipinski definition) is 0. The topological polar surface area (TPSA) is 35.0 Å². The number of benzene rings is 1. The molecule has 17 heavy (non-hydrogen) atoms. The van der Waals surface area contributed by atoms with E-state index in [0.717, 1.165) is 16.9 Å². The zero-order valence-corrected chi connectivity index (χ0v) is 10.3. The molecule has 0 fully saturated rings. The van der Waals surface area contributed by atoms with Gasteiger partial charge in [-0.2, -0.15) is 0 Å². The highest BCUT2D eigenvalue weighted by Crippen LogP contribution is 2.25. The molecule has 1 aromatic heterocycles. The van der Waals surface area contributed by atoms with Crippen LogP contribution in [0.1, 0.15) is 17.0 Å². The number of ether oxygens (including phenoxy) is 1. The standard InChI is InChI=1S/C13H13ClN2O/c1-10-4-2-5-11(8-14)13(10)17-9-12-15-6-3-7-16-12/h2-7H,8-9H2,1H3. The van der Waals surface area contributed by atoms with Crippen LogP contribution in [0.5, 0.6) is 5.75 Å². The zero-order valence-electron chi connectivity index (χ0n) is 9.56. The third-order valence-electron chi connectivity index (χ3n) is 2.40. The van der Waals surface area contributed by atoms with Crippen LogP contribution in [0.4, 0.5) is 0 Å². The molecule has 0 spiro atoms. The van der Waals surface area contributed by atoms with Crippen molar-refractivity contribution in [2.75, 3.05) is 0 Å². The van der Waals surface area contributed by atoms with E-state index >= 15 is 0 Å². The lowest BCUT2D eigenvalue weighted by Crippen LogP contribution is -2.03. The van der Waals surface area contributed by atoms with Crippen LogP contribution in [0.2, 0.25) is 0 Å². The normalized spacial score (nSPS) is 10.2. The highest BCUT2D eigenvalue weighted by atomic mass is 35.5. The molecule has 0 aliphatic heterocycles. The second-order valence-corrected chi connectivity index (χ2v) is 3.92. The van der Waals surface area contributed by atoms with Gasteiger partial charge in [-0.3, -0.25) is 0 Å². The van der Waals surface area contributed by atoms with Crippen molar-refractivity contribution in [3.63, 3.8) is 0 Å². The molecule has 1 aromatic carbocycles. The summed E-state index contributed by atoms with van der Waals surface area (Å²) in [5, 5.41) is 0. The van der Waals surface area contributed by atoms with Crippen LogP contribution in [0.3, 0.4) is 0 Å². The van der Waals surface area contributed by atoms with E-state index in [9.17, 15) is 0 Å². The van der Waals surface area contributed by atoms with E-state index in [1.165, 1.54) is 0 Å². The number of aryl methyl sites for hydroxylation is 1. The highest BCUT2D eigenvalue weighted by molar-refractivity contribution is 6.17. The lowest BCUT2D eigenvalue weighted by molar-refractivity contribution is 0.291. The Kier molecular flexibility index (Phi) is 3.94. The Balaban J connectivity index is 2.14. The molecule has 88 valence electrons. The van der Waals surface area contributed by atoms with Gasteiger partial charge in [-0.25, -0.2) is 9.97 Å². The second kappa shape index (κ2) is 5.64. The monoisotopic (exact) mass is 248 g/mol. The van der Waals surface area contributed by atoms with Crippen LogP contribution < -0.4 is 4.74 Å². The minimum absolute atomic E-state index is 0.357. The number of para-hydroxylation sites is 1. The summed E-state index contributed by atoms with van der Waals surface area (Å²) in [5.74, 6) is 1.93. The number of hydrogen-bond acceptors (Lipinski definition) is 3. The number of aromatic nitrogens is 2. The minimum Gasteiger partial charge on any atom is -0.485 e. The van der Waals surface area contributed by atoms with Gasteiger partial charge in [-0.05, 0) is 18.6 Å². The molecule has 2 rings (SSSR count). The van der Waals surface area contributed by atoms with Gasteiger partial charge in [0.05, 0.1) is 5.88 Å². The van der Waals surface area contributed by atoms with Crippen LogP contribution in [-0.2, 0) is 12.5 Å². The van der Waals surface area contributed by atoms with E-state index in [-0.39, 0.29) is 0 Å². The van der Waals surface area contributed by atoms with Crippen molar-refractivity contribution in [2.45, 2.75) is 19.4 Å². The van der Waals surface area contributed by atoms with E-state index in [0.29, 0.717) is 18.3 Å². The molecular formula is C13H13ClN2O. The van der Waals surface area contributed by atoms with Crippen molar-refractivity contribution in [1.82, 2.24) is 9.97 Å². The molecule has 0 aliphatic carbocycles. The second-order valence-electron chi connectivity index (χ2n) is 3.65. The maximum atomic E-state index is 5.87. The number of rotatable bonds is 4. The fourth-order valence-electron chi connectivity index (χ4n) is 1.57. The molecule has 0 unspecified atom stereocenters. The van der Waals surface area contributed by atoms with Crippen molar-refractivity contribution in [1.29, 1.82) is 0 Å². The first-order chi connectivity index (χ1) is 8.31. The molecule has 1 heterocycles. The Bertz CT molecular complexity index is 488. The van der Waals surface area contributed by atoms with Gasteiger partial charge in [0.1, 0.15) is 12.4 Å². The smallest absolute Gasteiger partial charge is 0.166 e. The van der Waals surface area contributed by atoms with Gasteiger partial charge in [-0.15, -0.1) is 11.6 Å². The van der Waals surface area contributed by atoms with E-state index in [1.54, 1.807) is 18.5 Å². The Morgan fingerprint density at radius 1 is 1.18 bits per heavy atom. The summed E-state index contributed by atoms with van der Waals surface area (Å²) < 4.78 is 5.74. The maximum absolute atomic E-state index is 5.87. The van der Waals surface area contributed by atoms with Crippen molar-refractivity contribution in [3.05, 3.63) is 53.6 Å². The average Bonchev–Trinajstić information content (AvgIpc) is 2.38. The summed E-state index contributed by atoms with van der Waals surface area (Å²) in [6.07, 6.45) is 3.40. The van der Waals surface area contributed by atoms with Crippen molar-refractivity contribution in [3.8, 4) is 5.75 Å². The van der Waals surface area contributed by atoms with Crippen LogP contribution >= 0.6 is 11.6 Å². The molecule has 0 N–H and O–H groups in total. The Morgan fingerprint density at radius 2 is 1.94 bits per heavy atom. The summed E-state index contributed by atoms with van der Waals surface area (Å²) >= 11 is 5.87. The zero-order chi connectivity index (χ0) is 12.1. The largest absolute Gasteiger partial charge is 0.485 e. The van der Waals surface area contributed by atoms with Gasteiger partial charge in [0.2, 0.25) is 0 Å². The van der Waals surface area contributed by atoms with E-state index < -0.39 is 0 Å². The van der Waals surface area contributed by atoms with Gasteiger partial charge in [-0.1, -0.05) is 18.2 Å². The Labute approximate surface area is 105 Å². The Morgan fingerprint density at radius 3 is 2.65 bits per heavy atom. The fraction of sp³-hybridized carbons (Fsp3) is 0.231. The first-order valence-electron chi connectivity index (χ1n) is 5.34. The van der Waals surface area contributed by atoms with E-state index in [2.05, 4.69) is 9.97 Å². The summed E-state index contributed by atoms with van der Waals surface area (Å²) in [6.45, 7) is 2.35. The average molecular weight is 249 g/mol. The van der Waals surface area contributed by atoms with Crippen molar-refractivity contribution in [2.24, 2.45) is 0 Å². The first-order valence-corrected chi connectivity index (χ1v) is 5.88. The summed E-state index contributed by atoms with van der Waals surface area (Å²) in [5.41, 5.74) is 2.06.